The number of thioether (sulfide) groups is 1. The summed E-state index contributed by atoms with van der Waals surface area (Å²) in [6.07, 6.45) is 5.39. The Morgan fingerprint density at radius 3 is 2.55 bits per heavy atom. The standard InChI is InChI=1S/C24H31N3O3S/c1-17(2)19-6-8-20(9-7-19)30-16-22(28)26-15-18-10-13-27(14-11-18)24(29)21-5-4-12-25-23(21)31-3/h4-9,12,17-18H,10-11,13-16H2,1-3H3,(H,26,28). The molecule has 0 atom stereocenters. The molecule has 2 amide bonds. The van der Waals surface area contributed by atoms with Crippen molar-refractivity contribution >= 4 is 23.6 Å². The lowest BCUT2D eigenvalue weighted by Crippen LogP contribution is -2.42. The summed E-state index contributed by atoms with van der Waals surface area (Å²) in [5.74, 6) is 1.46. The number of aromatic nitrogens is 1. The van der Waals surface area contributed by atoms with Crippen molar-refractivity contribution < 1.29 is 14.3 Å². The maximum atomic E-state index is 12.8. The van der Waals surface area contributed by atoms with Crippen LogP contribution in [0.25, 0.3) is 0 Å². The summed E-state index contributed by atoms with van der Waals surface area (Å²) in [7, 11) is 0. The van der Waals surface area contributed by atoms with E-state index in [4.69, 9.17) is 4.74 Å². The van der Waals surface area contributed by atoms with Crippen LogP contribution in [0.3, 0.4) is 0 Å². The number of hydrogen-bond donors (Lipinski definition) is 1. The van der Waals surface area contributed by atoms with E-state index in [9.17, 15) is 9.59 Å². The van der Waals surface area contributed by atoms with Gasteiger partial charge in [-0.15, -0.1) is 11.8 Å². The Kier molecular flexibility index (Phi) is 8.35. The fraction of sp³-hybridized carbons (Fsp3) is 0.458. The van der Waals surface area contributed by atoms with Gasteiger partial charge in [0.15, 0.2) is 6.61 Å². The van der Waals surface area contributed by atoms with Gasteiger partial charge in [-0.2, -0.15) is 0 Å². The SMILES string of the molecule is CSc1ncccc1C(=O)N1CCC(CNC(=O)COc2ccc(C(C)C)cc2)CC1. The smallest absolute Gasteiger partial charge is 0.257 e. The van der Waals surface area contributed by atoms with Gasteiger partial charge < -0.3 is 15.0 Å². The minimum Gasteiger partial charge on any atom is -0.484 e. The van der Waals surface area contributed by atoms with Crippen LogP contribution in [0.4, 0.5) is 0 Å². The summed E-state index contributed by atoms with van der Waals surface area (Å²) >= 11 is 1.49. The zero-order valence-corrected chi connectivity index (χ0v) is 19.3. The Balaban J connectivity index is 1.39. The summed E-state index contributed by atoms with van der Waals surface area (Å²) in [6, 6.07) is 11.5. The van der Waals surface area contributed by atoms with Crippen LogP contribution in [0.1, 0.15) is 48.5 Å². The molecule has 0 saturated carbocycles. The van der Waals surface area contributed by atoms with Crippen LogP contribution in [-0.4, -0.2) is 54.2 Å². The minimum absolute atomic E-state index is 0.0107. The quantitative estimate of drug-likeness (QED) is 0.628. The Morgan fingerprint density at radius 2 is 1.90 bits per heavy atom. The zero-order valence-electron chi connectivity index (χ0n) is 18.5. The van der Waals surface area contributed by atoms with Crippen LogP contribution >= 0.6 is 11.8 Å². The molecule has 0 bridgehead atoms. The Hall–Kier alpha value is -2.54. The van der Waals surface area contributed by atoms with Gasteiger partial charge in [0.1, 0.15) is 10.8 Å². The minimum atomic E-state index is -0.119. The number of nitrogens with one attached hydrogen (secondary N) is 1. The molecule has 0 unspecified atom stereocenters. The second-order valence-corrected chi connectivity index (χ2v) is 8.91. The average molecular weight is 442 g/mol. The molecule has 1 fully saturated rings. The number of pyridine rings is 1. The van der Waals surface area contributed by atoms with E-state index in [2.05, 4.69) is 24.1 Å². The second-order valence-electron chi connectivity index (χ2n) is 8.11. The lowest BCUT2D eigenvalue weighted by Gasteiger charge is -2.32. The van der Waals surface area contributed by atoms with E-state index in [0.717, 1.165) is 17.9 Å². The average Bonchev–Trinajstić information content (AvgIpc) is 2.81. The largest absolute Gasteiger partial charge is 0.484 e. The van der Waals surface area contributed by atoms with Crippen molar-refractivity contribution in [1.29, 1.82) is 0 Å². The third-order valence-corrected chi connectivity index (χ3v) is 6.31. The van der Waals surface area contributed by atoms with Gasteiger partial charge in [0.05, 0.1) is 5.56 Å². The van der Waals surface area contributed by atoms with E-state index in [1.807, 2.05) is 41.5 Å². The molecule has 1 saturated heterocycles. The molecule has 31 heavy (non-hydrogen) atoms. The van der Waals surface area contributed by atoms with E-state index >= 15 is 0 Å². The van der Waals surface area contributed by atoms with Crippen molar-refractivity contribution in [3.63, 3.8) is 0 Å². The number of ether oxygens (including phenoxy) is 1. The number of nitrogens with zero attached hydrogens (tertiary/aromatic N) is 2. The number of likely N-dealkylation sites (tertiary alicyclic amines) is 1. The van der Waals surface area contributed by atoms with Crippen LogP contribution in [0.2, 0.25) is 0 Å². The van der Waals surface area contributed by atoms with Crippen LogP contribution in [-0.2, 0) is 4.79 Å². The number of carbonyl (C=O) groups is 2. The van der Waals surface area contributed by atoms with Crippen molar-refractivity contribution in [3.8, 4) is 5.75 Å². The normalized spacial score (nSPS) is 14.5. The molecule has 2 heterocycles. The highest BCUT2D eigenvalue weighted by molar-refractivity contribution is 7.98. The first-order valence-electron chi connectivity index (χ1n) is 10.8. The zero-order chi connectivity index (χ0) is 22.2. The fourth-order valence-electron chi connectivity index (χ4n) is 3.63. The molecule has 1 aliphatic heterocycles. The van der Waals surface area contributed by atoms with Crippen molar-refractivity contribution in [1.82, 2.24) is 15.2 Å². The maximum absolute atomic E-state index is 12.8. The van der Waals surface area contributed by atoms with Crippen LogP contribution in [0.5, 0.6) is 5.75 Å². The van der Waals surface area contributed by atoms with Gasteiger partial charge in [-0.05, 0) is 60.8 Å². The molecule has 6 nitrogen and oxygen atoms in total. The molecular formula is C24H31N3O3S. The number of carbonyl (C=O) groups excluding carboxylic acids is 2. The molecule has 0 radical (unpaired) electrons. The van der Waals surface area contributed by atoms with E-state index in [-0.39, 0.29) is 18.4 Å². The first-order valence-corrected chi connectivity index (χ1v) is 12.0. The van der Waals surface area contributed by atoms with Crippen molar-refractivity contribution in [3.05, 3.63) is 53.7 Å². The van der Waals surface area contributed by atoms with E-state index in [1.54, 1.807) is 12.3 Å². The van der Waals surface area contributed by atoms with Gasteiger partial charge in [-0.1, -0.05) is 26.0 Å². The van der Waals surface area contributed by atoms with Crippen molar-refractivity contribution in [2.45, 2.75) is 37.6 Å². The molecule has 1 aromatic carbocycles. The van der Waals surface area contributed by atoms with Gasteiger partial charge in [-0.25, -0.2) is 4.98 Å². The lowest BCUT2D eigenvalue weighted by molar-refractivity contribution is -0.123. The van der Waals surface area contributed by atoms with Crippen LogP contribution in [0, 0.1) is 5.92 Å². The third kappa shape index (κ3) is 6.47. The first kappa shape index (κ1) is 23.1. The molecule has 0 spiro atoms. The molecule has 2 aromatic rings. The molecule has 166 valence electrons. The molecular weight excluding hydrogens is 410 g/mol. The second kappa shape index (κ2) is 11.2. The highest BCUT2D eigenvalue weighted by atomic mass is 32.2. The van der Waals surface area contributed by atoms with E-state index in [1.165, 1.54) is 17.3 Å². The molecule has 1 aromatic heterocycles. The number of rotatable bonds is 8. The molecule has 0 aliphatic carbocycles. The molecule has 1 aliphatic rings. The summed E-state index contributed by atoms with van der Waals surface area (Å²) in [6.45, 7) is 6.30. The van der Waals surface area contributed by atoms with E-state index < -0.39 is 0 Å². The van der Waals surface area contributed by atoms with Crippen LogP contribution < -0.4 is 10.1 Å². The number of piperidine rings is 1. The molecule has 7 heteroatoms. The predicted molar refractivity (Wildman–Crippen MR) is 124 cm³/mol. The van der Waals surface area contributed by atoms with Crippen molar-refractivity contribution in [2.24, 2.45) is 5.92 Å². The number of hydrogen-bond acceptors (Lipinski definition) is 5. The number of amides is 2. The summed E-state index contributed by atoms with van der Waals surface area (Å²) in [5, 5.41) is 3.73. The third-order valence-electron chi connectivity index (χ3n) is 5.60. The molecule has 1 N–H and O–H groups in total. The Morgan fingerprint density at radius 1 is 1.19 bits per heavy atom. The predicted octanol–water partition coefficient (Wildman–Crippen LogP) is 3.97. The summed E-state index contributed by atoms with van der Waals surface area (Å²) < 4.78 is 5.59. The highest BCUT2D eigenvalue weighted by Gasteiger charge is 2.25. The van der Waals surface area contributed by atoms with Crippen LogP contribution in [0.15, 0.2) is 47.6 Å². The molecule has 3 rings (SSSR count). The summed E-state index contributed by atoms with van der Waals surface area (Å²) in [5.41, 5.74) is 1.91. The topological polar surface area (TPSA) is 71.5 Å². The van der Waals surface area contributed by atoms with Gasteiger partial charge in [0, 0.05) is 25.8 Å². The highest BCUT2D eigenvalue weighted by Crippen LogP contribution is 2.23. The first-order chi connectivity index (χ1) is 15.0. The lowest BCUT2D eigenvalue weighted by atomic mass is 9.96. The fourth-order valence-corrected chi connectivity index (χ4v) is 4.18. The van der Waals surface area contributed by atoms with Gasteiger partial charge in [0.25, 0.3) is 11.8 Å². The van der Waals surface area contributed by atoms with E-state index in [0.29, 0.717) is 42.8 Å². The maximum Gasteiger partial charge on any atom is 0.257 e. The van der Waals surface area contributed by atoms with Crippen molar-refractivity contribution in [2.75, 3.05) is 32.5 Å². The monoisotopic (exact) mass is 441 g/mol. The Bertz CT molecular complexity index is 878. The Labute approximate surface area is 188 Å². The summed E-state index contributed by atoms with van der Waals surface area (Å²) in [4.78, 5) is 31.1. The van der Waals surface area contributed by atoms with Gasteiger partial charge >= 0.3 is 0 Å². The number of benzene rings is 1. The van der Waals surface area contributed by atoms with Gasteiger partial charge in [0.2, 0.25) is 0 Å². The van der Waals surface area contributed by atoms with Gasteiger partial charge in [-0.3, -0.25) is 9.59 Å².